The molecule has 6 nitrogen and oxygen atoms in total. The largest absolute Gasteiger partial charge is 0.490 e. The highest BCUT2D eigenvalue weighted by atomic mass is 16.6. The van der Waals surface area contributed by atoms with E-state index in [1.807, 2.05) is 0 Å². The van der Waals surface area contributed by atoms with E-state index in [1.165, 1.54) is 25.6 Å². The molecule has 14 heavy (non-hydrogen) atoms. The lowest BCUT2D eigenvalue weighted by Gasteiger charge is -2.18. The predicted octanol–water partition coefficient (Wildman–Crippen LogP) is 1.69. The molecule has 0 unspecified atom stereocenters. The molecule has 1 saturated carbocycles. The minimum absolute atomic E-state index is 0.296. The molecule has 0 bridgehead atoms. The summed E-state index contributed by atoms with van der Waals surface area (Å²) >= 11 is 0. The highest BCUT2D eigenvalue weighted by molar-refractivity contribution is 4.98. The first-order valence-electron chi connectivity index (χ1n) is 4.83. The Morgan fingerprint density at radius 1 is 1.43 bits per heavy atom. The zero-order chi connectivity index (χ0) is 9.97. The van der Waals surface area contributed by atoms with Crippen molar-refractivity contribution in [3.63, 3.8) is 0 Å². The van der Waals surface area contributed by atoms with Crippen LogP contribution >= 0.6 is 0 Å². The van der Waals surface area contributed by atoms with Gasteiger partial charge in [-0.1, -0.05) is 24.2 Å². The SMILES string of the molecule is O=[N+]([O-])c1ncn(C2CCCCC2)n1. The van der Waals surface area contributed by atoms with Gasteiger partial charge >= 0.3 is 5.95 Å². The van der Waals surface area contributed by atoms with E-state index in [0.717, 1.165) is 12.8 Å². The molecule has 0 aliphatic heterocycles. The average Bonchev–Trinajstić information content (AvgIpc) is 2.68. The first-order valence-corrected chi connectivity index (χ1v) is 4.83. The average molecular weight is 196 g/mol. The molecule has 2 rings (SSSR count). The van der Waals surface area contributed by atoms with Crippen LogP contribution in [0.1, 0.15) is 38.1 Å². The van der Waals surface area contributed by atoms with Gasteiger partial charge in [-0.3, -0.25) is 0 Å². The molecule has 0 amide bonds. The van der Waals surface area contributed by atoms with Gasteiger partial charge in [0.2, 0.25) is 6.33 Å². The molecular weight excluding hydrogens is 184 g/mol. The number of nitro groups is 1. The van der Waals surface area contributed by atoms with Gasteiger partial charge in [0.05, 0.1) is 6.04 Å². The second-order valence-electron chi connectivity index (χ2n) is 3.57. The standard InChI is InChI=1S/C8H12N4O2/c13-12(14)8-9-6-11(10-8)7-4-2-1-3-5-7/h6-7H,1-5H2. The van der Waals surface area contributed by atoms with Crippen LogP contribution in [-0.2, 0) is 0 Å². The molecule has 0 radical (unpaired) electrons. The topological polar surface area (TPSA) is 73.8 Å². The van der Waals surface area contributed by atoms with E-state index >= 15 is 0 Å². The summed E-state index contributed by atoms with van der Waals surface area (Å²) in [6.45, 7) is 0. The van der Waals surface area contributed by atoms with Gasteiger partial charge in [-0.2, -0.15) is 4.68 Å². The molecule has 1 aliphatic carbocycles. The maximum atomic E-state index is 10.4. The summed E-state index contributed by atoms with van der Waals surface area (Å²) in [6, 6.07) is 0.310. The minimum Gasteiger partial charge on any atom is -0.390 e. The van der Waals surface area contributed by atoms with E-state index < -0.39 is 4.92 Å². The zero-order valence-electron chi connectivity index (χ0n) is 7.80. The molecule has 0 N–H and O–H groups in total. The number of hydrogen-bond donors (Lipinski definition) is 0. The lowest BCUT2D eigenvalue weighted by atomic mass is 9.96. The molecule has 0 saturated heterocycles. The molecule has 1 aromatic heterocycles. The summed E-state index contributed by atoms with van der Waals surface area (Å²) < 4.78 is 1.64. The highest BCUT2D eigenvalue weighted by Gasteiger charge is 2.21. The van der Waals surface area contributed by atoms with Crippen molar-refractivity contribution in [2.75, 3.05) is 0 Å². The Morgan fingerprint density at radius 3 is 2.71 bits per heavy atom. The lowest BCUT2D eigenvalue weighted by molar-refractivity contribution is -0.394. The summed E-state index contributed by atoms with van der Waals surface area (Å²) in [4.78, 5) is 13.5. The number of hydrogen-bond acceptors (Lipinski definition) is 4. The van der Waals surface area contributed by atoms with Crippen LogP contribution in [-0.4, -0.2) is 19.7 Å². The van der Waals surface area contributed by atoms with Gasteiger partial charge < -0.3 is 10.1 Å². The fourth-order valence-electron chi connectivity index (χ4n) is 1.87. The predicted molar refractivity (Wildman–Crippen MR) is 48.8 cm³/mol. The van der Waals surface area contributed by atoms with Crippen LogP contribution in [0.25, 0.3) is 0 Å². The van der Waals surface area contributed by atoms with Gasteiger partial charge in [0.15, 0.2) is 0 Å². The first-order chi connectivity index (χ1) is 6.77. The summed E-state index contributed by atoms with van der Waals surface area (Å²) in [6.07, 6.45) is 7.19. The maximum absolute atomic E-state index is 10.4. The Morgan fingerprint density at radius 2 is 2.14 bits per heavy atom. The summed E-state index contributed by atoms with van der Waals surface area (Å²) in [5, 5.41) is 14.2. The van der Waals surface area contributed by atoms with Gasteiger partial charge in [0, 0.05) is 5.10 Å². The van der Waals surface area contributed by atoms with Crippen LogP contribution in [0.2, 0.25) is 0 Å². The second kappa shape index (κ2) is 3.73. The molecule has 1 fully saturated rings. The Labute approximate surface area is 81.1 Å². The third-order valence-electron chi connectivity index (χ3n) is 2.61. The van der Waals surface area contributed by atoms with Crippen molar-refractivity contribution in [3.05, 3.63) is 16.4 Å². The van der Waals surface area contributed by atoms with Crippen LogP contribution < -0.4 is 0 Å². The summed E-state index contributed by atoms with van der Waals surface area (Å²) in [7, 11) is 0. The van der Waals surface area contributed by atoms with Crippen molar-refractivity contribution >= 4 is 5.95 Å². The Bertz CT molecular complexity index is 330. The third-order valence-corrected chi connectivity index (χ3v) is 2.61. The Kier molecular flexibility index (Phi) is 2.43. The smallest absolute Gasteiger partial charge is 0.390 e. The van der Waals surface area contributed by atoms with Crippen LogP contribution in [0.15, 0.2) is 6.33 Å². The molecule has 0 atom stereocenters. The molecular formula is C8H12N4O2. The van der Waals surface area contributed by atoms with E-state index in [2.05, 4.69) is 10.1 Å². The van der Waals surface area contributed by atoms with Crippen LogP contribution in [0.3, 0.4) is 0 Å². The van der Waals surface area contributed by atoms with Gasteiger partial charge in [-0.25, -0.2) is 0 Å². The van der Waals surface area contributed by atoms with E-state index in [1.54, 1.807) is 4.68 Å². The minimum atomic E-state index is -0.556. The van der Waals surface area contributed by atoms with E-state index in [0.29, 0.717) is 6.04 Å². The molecule has 0 spiro atoms. The zero-order valence-corrected chi connectivity index (χ0v) is 7.80. The van der Waals surface area contributed by atoms with Crippen molar-refractivity contribution in [1.82, 2.24) is 14.8 Å². The van der Waals surface area contributed by atoms with Gasteiger partial charge in [-0.05, 0) is 17.8 Å². The number of rotatable bonds is 2. The quantitative estimate of drug-likeness (QED) is 0.533. The lowest BCUT2D eigenvalue weighted by Crippen LogP contribution is -2.13. The fraction of sp³-hybridized carbons (Fsp3) is 0.750. The Balaban J connectivity index is 2.11. The normalized spacial score (nSPS) is 18.3. The van der Waals surface area contributed by atoms with Gasteiger partial charge in [-0.15, -0.1) is 0 Å². The monoisotopic (exact) mass is 196 g/mol. The van der Waals surface area contributed by atoms with Crippen molar-refractivity contribution in [1.29, 1.82) is 0 Å². The molecule has 6 heteroatoms. The van der Waals surface area contributed by atoms with Crippen molar-refractivity contribution < 1.29 is 4.92 Å². The van der Waals surface area contributed by atoms with Crippen LogP contribution in [0.5, 0.6) is 0 Å². The number of nitrogens with zero attached hydrogens (tertiary/aromatic N) is 4. The van der Waals surface area contributed by atoms with Gasteiger partial charge in [0.25, 0.3) is 0 Å². The summed E-state index contributed by atoms with van der Waals surface area (Å²) in [5.74, 6) is -0.296. The van der Waals surface area contributed by atoms with E-state index in [9.17, 15) is 10.1 Å². The Hall–Kier alpha value is -1.46. The second-order valence-corrected chi connectivity index (χ2v) is 3.57. The summed E-state index contributed by atoms with van der Waals surface area (Å²) in [5.41, 5.74) is 0. The molecule has 1 aromatic rings. The third kappa shape index (κ3) is 1.73. The molecule has 76 valence electrons. The van der Waals surface area contributed by atoms with Crippen molar-refractivity contribution in [3.8, 4) is 0 Å². The van der Waals surface area contributed by atoms with Crippen molar-refractivity contribution in [2.45, 2.75) is 38.1 Å². The molecule has 1 heterocycles. The molecule has 1 aliphatic rings. The fourth-order valence-corrected chi connectivity index (χ4v) is 1.87. The van der Waals surface area contributed by atoms with Gasteiger partial charge in [0.1, 0.15) is 0 Å². The van der Waals surface area contributed by atoms with Crippen LogP contribution in [0.4, 0.5) is 5.95 Å². The first kappa shape index (κ1) is 9.11. The molecule has 0 aromatic carbocycles. The highest BCUT2D eigenvalue weighted by Crippen LogP contribution is 2.27. The number of aromatic nitrogens is 3. The van der Waals surface area contributed by atoms with Crippen LogP contribution in [0, 0.1) is 10.1 Å². The van der Waals surface area contributed by atoms with E-state index in [-0.39, 0.29) is 5.95 Å². The van der Waals surface area contributed by atoms with E-state index in [4.69, 9.17) is 0 Å². The maximum Gasteiger partial charge on any atom is 0.490 e. The van der Waals surface area contributed by atoms with Crippen molar-refractivity contribution in [2.24, 2.45) is 0 Å².